The molecule has 0 atom stereocenters. The van der Waals surface area contributed by atoms with Crippen LogP contribution in [0.25, 0.3) is 0 Å². The second-order valence-corrected chi connectivity index (χ2v) is 6.99. The molecule has 22 heavy (non-hydrogen) atoms. The van der Waals surface area contributed by atoms with Crippen molar-refractivity contribution in [1.29, 1.82) is 0 Å². The van der Waals surface area contributed by atoms with Gasteiger partial charge in [-0.15, -0.1) is 0 Å². The Labute approximate surface area is 138 Å². The van der Waals surface area contributed by atoms with Gasteiger partial charge in [-0.3, -0.25) is 9.78 Å². The summed E-state index contributed by atoms with van der Waals surface area (Å²) in [5.74, 6) is 0.234. The zero-order valence-corrected chi connectivity index (χ0v) is 13.8. The van der Waals surface area contributed by atoms with E-state index >= 15 is 0 Å². The van der Waals surface area contributed by atoms with Crippen LogP contribution in [0.15, 0.2) is 47.2 Å². The van der Waals surface area contributed by atoms with Crippen LogP contribution >= 0.6 is 15.9 Å². The Bertz CT molecular complexity index is 725. The van der Waals surface area contributed by atoms with Crippen LogP contribution in [0, 0.1) is 0 Å². The third kappa shape index (κ3) is 1.93. The number of aromatic nitrogens is 1. The average molecular weight is 357 g/mol. The summed E-state index contributed by atoms with van der Waals surface area (Å²) < 4.78 is 1.01. The first-order chi connectivity index (χ1) is 10.7. The van der Waals surface area contributed by atoms with Gasteiger partial charge >= 0.3 is 0 Å². The van der Waals surface area contributed by atoms with E-state index in [0.29, 0.717) is 0 Å². The lowest BCUT2D eigenvalue weighted by Crippen LogP contribution is -2.51. The smallest absolute Gasteiger partial charge is 0.237 e. The molecule has 1 amide bonds. The number of amides is 1. The molecule has 2 heterocycles. The van der Waals surface area contributed by atoms with Gasteiger partial charge in [-0.05, 0) is 58.5 Å². The van der Waals surface area contributed by atoms with Gasteiger partial charge < -0.3 is 4.90 Å². The van der Waals surface area contributed by atoms with Crippen molar-refractivity contribution < 1.29 is 4.79 Å². The van der Waals surface area contributed by atoms with Crippen molar-refractivity contribution >= 4 is 27.5 Å². The van der Waals surface area contributed by atoms with E-state index in [-0.39, 0.29) is 11.3 Å². The van der Waals surface area contributed by atoms with Crippen LogP contribution in [0.3, 0.4) is 0 Å². The van der Waals surface area contributed by atoms with E-state index in [1.807, 2.05) is 35.4 Å². The Kier molecular flexibility index (Phi) is 3.30. The van der Waals surface area contributed by atoms with E-state index in [1.54, 1.807) is 6.20 Å². The van der Waals surface area contributed by atoms with Crippen LogP contribution in [-0.4, -0.2) is 17.4 Å². The lowest BCUT2D eigenvalue weighted by Gasteiger charge is -2.43. The number of halogens is 1. The number of benzene rings is 1. The summed E-state index contributed by atoms with van der Waals surface area (Å²) in [4.78, 5) is 19.5. The van der Waals surface area contributed by atoms with Crippen LogP contribution in [0.4, 0.5) is 5.69 Å². The number of carbonyl (C=O) groups is 1. The standard InChI is InChI=1S/C18H17BrN2O/c19-15-6-1-4-13-7-11-21(16(13)15)17(22)18(8-3-9-18)14-5-2-10-20-12-14/h1-2,4-6,10,12H,3,7-9,11H2. The fourth-order valence-electron chi connectivity index (χ4n) is 3.67. The molecule has 3 nitrogen and oxygen atoms in total. The van der Waals surface area contributed by atoms with Gasteiger partial charge in [0.05, 0.1) is 11.1 Å². The zero-order valence-electron chi connectivity index (χ0n) is 12.3. The summed E-state index contributed by atoms with van der Waals surface area (Å²) in [5.41, 5.74) is 3.00. The SMILES string of the molecule is O=C(N1CCc2cccc(Br)c21)C1(c2cccnc2)CCC1. The molecule has 1 aromatic heterocycles. The number of rotatable bonds is 2. The van der Waals surface area contributed by atoms with Crippen molar-refractivity contribution in [2.45, 2.75) is 31.1 Å². The average Bonchev–Trinajstić information content (AvgIpc) is 2.92. The Morgan fingerprint density at radius 2 is 2.09 bits per heavy atom. The molecule has 112 valence electrons. The van der Waals surface area contributed by atoms with E-state index in [0.717, 1.165) is 48.0 Å². The van der Waals surface area contributed by atoms with E-state index < -0.39 is 0 Å². The van der Waals surface area contributed by atoms with Crippen LogP contribution in [0.1, 0.15) is 30.4 Å². The lowest BCUT2D eigenvalue weighted by atomic mass is 9.64. The van der Waals surface area contributed by atoms with Gasteiger partial charge in [-0.25, -0.2) is 0 Å². The van der Waals surface area contributed by atoms with Crippen LogP contribution < -0.4 is 4.90 Å². The van der Waals surface area contributed by atoms with Gasteiger partial charge in [0.2, 0.25) is 5.91 Å². The molecule has 2 aromatic rings. The Hall–Kier alpha value is -1.68. The molecule has 0 spiro atoms. The van der Waals surface area contributed by atoms with E-state index in [2.05, 4.69) is 27.0 Å². The molecule has 1 aromatic carbocycles. The maximum atomic E-state index is 13.3. The fraction of sp³-hybridized carbons (Fsp3) is 0.333. The normalized spacial score (nSPS) is 18.7. The van der Waals surface area contributed by atoms with Crippen molar-refractivity contribution in [3.8, 4) is 0 Å². The number of pyridine rings is 1. The molecule has 1 aliphatic carbocycles. The summed E-state index contributed by atoms with van der Waals surface area (Å²) in [6, 6.07) is 10.1. The van der Waals surface area contributed by atoms with E-state index in [9.17, 15) is 4.79 Å². The highest BCUT2D eigenvalue weighted by Crippen LogP contribution is 2.47. The minimum absolute atomic E-state index is 0.234. The minimum atomic E-state index is -0.370. The molecule has 0 radical (unpaired) electrons. The van der Waals surface area contributed by atoms with Crippen molar-refractivity contribution in [3.63, 3.8) is 0 Å². The summed E-state index contributed by atoms with van der Waals surface area (Å²) in [6.07, 6.45) is 7.51. The minimum Gasteiger partial charge on any atom is -0.310 e. The van der Waals surface area contributed by atoms with Gasteiger partial charge in [0, 0.05) is 23.4 Å². The first-order valence-electron chi connectivity index (χ1n) is 7.72. The quantitative estimate of drug-likeness (QED) is 0.818. The summed E-state index contributed by atoms with van der Waals surface area (Å²) in [5, 5.41) is 0. The maximum absolute atomic E-state index is 13.3. The topological polar surface area (TPSA) is 33.2 Å². The second-order valence-electron chi connectivity index (χ2n) is 6.13. The molecule has 1 aliphatic heterocycles. The molecule has 2 aliphatic rings. The molecule has 1 saturated carbocycles. The Morgan fingerprint density at radius 3 is 2.77 bits per heavy atom. The van der Waals surface area contributed by atoms with E-state index in [4.69, 9.17) is 0 Å². The highest BCUT2D eigenvalue weighted by molar-refractivity contribution is 9.10. The number of fused-ring (bicyclic) bond motifs is 1. The number of hydrogen-bond donors (Lipinski definition) is 0. The van der Waals surface area contributed by atoms with Crippen LogP contribution in [0.2, 0.25) is 0 Å². The molecule has 0 N–H and O–H groups in total. The van der Waals surface area contributed by atoms with Crippen molar-refractivity contribution in [1.82, 2.24) is 4.98 Å². The molecule has 1 fully saturated rings. The first-order valence-corrected chi connectivity index (χ1v) is 8.51. The molecule has 0 bridgehead atoms. The third-order valence-corrected chi connectivity index (χ3v) is 5.66. The van der Waals surface area contributed by atoms with Crippen molar-refractivity contribution in [2.24, 2.45) is 0 Å². The molecule has 0 saturated heterocycles. The monoisotopic (exact) mass is 356 g/mol. The molecular formula is C18H17BrN2O. The highest BCUT2D eigenvalue weighted by atomic mass is 79.9. The molecular weight excluding hydrogens is 340 g/mol. The lowest BCUT2D eigenvalue weighted by molar-refractivity contribution is -0.127. The molecule has 0 unspecified atom stereocenters. The number of nitrogens with zero attached hydrogens (tertiary/aromatic N) is 2. The number of carbonyl (C=O) groups excluding carboxylic acids is 1. The van der Waals surface area contributed by atoms with Gasteiger partial charge in [-0.1, -0.05) is 24.6 Å². The van der Waals surface area contributed by atoms with Crippen LogP contribution in [-0.2, 0) is 16.6 Å². The van der Waals surface area contributed by atoms with Crippen LogP contribution in [0.5, 0.6) is 0 Å². The fourth-order valence-corrected chi connectivity index (χ4v) is 4.29. The third-order valence-electron chi connectivity index (χ3n) is 5.02. The summed E-state index contributed by atoms with van der Waals surface area (Å²) in [6.45, 7) is 0.777. The largest absolute Gasteiger partial charge is 0.310 e. The van der Waals surface area contributed by atoms with Gasteiger partial charge in [0.1, 0.15) is 0 Å². The molecule has 4 heteroatoms. The van der Waals surface area contributed by atoms with Crippen molar-refractivity contribution in [3.05, 3.63) is 58.3 Å². The predicted molar refractivity (Wildman–Crippen MR) is 90.0 cm³/mol. The Balaban J connectivity index is 1.74. The Morgan fingerprint density at radius 1 is 1.23 bits per heavy atom. The van der Waals surface area contributed by atoms with Gasteiger partial charge in [0.25, 0.3) is 0 Å². The van der Waals surface area contributed by atoms with Gasteiger partial charge in [0.15, 0.2) is 0 Å². The molecule has 4 rings (SSSR count). The number of para-hydroxylation sites is 1. The summed E-state index contributed by atoms with van der Waals surface area (Å²) in [7, 11) is 0. The second kappa shape index (κ2) is 5.20. The van der Waals surface area contributed by atoms with Gasteiger partial charge in [-0.2, -0.15) is 0 Å². The van der Waals surface area contributed by atoms with Crippen molar-refractivity contribution in [2.75, 3.05) is 11.4 Å². The zero-order chi connectivity index (χ0) is 15.2. The predicted octanol–water partition coefficient (Wildman–Crippen LogP) is 3.86. The first kappa shape index (κ1) is 13.9. The summed E-state index contributed by atoms with van der Waals surface area (Å²) >= 11 is 3.61. The number of anilines is 1. The number of hydrogen-bond acceptors (Lipinski definition) is 2. The van der Waals surface area contributed by atoms with E-state index in [1.165, 1.54) is 5.56 Å². The highest BCUT2D eigenvalue weighted by Gasteiger charge is 2.49. The maximum Gasteiger partial charge on any atom is 0.237 e.